The molecule has 0 bridgehead atoms. The summed E-state index contributed by atoms with van der Waals surface area (Å²) >= 11 is 0. The summed E-state index contributed by atoms with van der Waals surface area (Å²) in [4.78, 5) is 4.04. The lowest BCUT2D eigenvalue weighted by Crippen LogP contribution is -1.82. The van der Waals surface area contributed by atoms with Gasteiger partial charge < -0.3 is 8.83 Å². The molecule has 0 unspecified atom stereocenters. The van der Waals surface area contributed by atoms with Crippen LogP contribution < -0.4 is 0 Å². The fourth-order valence-corrected chi connectivity index (χ4v) is 1.57. The molecule has 0 spiro atoms. The van der Waals surface area contributed by atoms with E-state index in [0.29, 0.717) is 17.1 Å². The van der Waals surface area contributed by atoms with Crippen molar-refractivity contribution in [3.8, 4) is 23.0 Å². The lowest BCUT2D eigenvalue weighted by Gasteiger charge is -1.96. The molecule has 3 aromatic rings. The van der Waals surface area contributed by atoms with Gasteiger partial charge in [0, 0.05) is 0 Å². The zero-order chi connectivity index (χ0) is 11.7. The molecule has 0 aliphatic carbocycles. The average Bonchev–Trinajstić information content (AvgIpc) is 3.00. The third kappa shape index (κ3) is 1.73. The molecule has 0 atom stereocenters. The van der Waals surface area contributed by atoms with E-state index in [0.717, 1.165) is 0 Å². The van der Waals surface area contributed by atoms with Crippen LogP contribution >= 0.6 is 0 Å². The SMILES string of the molecule is Fc1ccccc1-c1ncc(-c2ccco2)o1. The smallest absolute Gasteiger partial charge is 0.229 e. The third-order valence-electron chi connectivity index (χ3n) is 2.37. The minimum atomic E-state index is -0.361. The van der Waals surface area contributed by atoms with Crippen LogP contribution in [0.4, 0.5) is 4.39 Å². The highest BCUT2D eigenvalue weighted by atomic mass is 19.1. The van der Waals surface area contributed by atoms with Gasteiger partial charge in [0.1, 0.15) is 5.82 Å². The number of hydrogen-bond acceptors (Lipinski definition) is 3. The lowest BCUT2D eigenvalue weighted by molar-refractivity contribution is 0.525. The topological polar surface area (TPSA) is 39.2 Å². The Morgan fingerprint density at radius 2 is 1.88 bits per heavy atom. The molecule has 3 rings (SSSR count). The van der Waals surface area contributed by atoms with E-state index in [1.807, 2.05) is 0 Å². The van der Waals surface area contributed by atoms with E-state index >= 15 is 0 Å². The summed E-state index contributed by atoms with van der Waals surface area (Å²) in [5.74, 6) is 0.934. The Kier molecular flexibility index (Phi) is 2.26. The molecule has 0 radical (unpaired) electrons. The highest BCUT2D eigenvalue weighted by Crippen LogP contribution is 2.27. The van der Waals surface area contributed by atoms with Crippen LogP contribution in [0.25, 0.3) is 23.0 Å². The molecular weight excluding hydrogens is 221 g/mol. The van der Waals surface area contributed by atoms with E-state index < -0.39 is 0 Å². The highest BCUT2D eigenvalue weighted by Gasteiger charge is 2.12. The molecule has 0 saturated heterocycles. The number of aromatic nitrogens is 1. The van der Waals surface area contributed by atoms with Crippen molar-refractivity contribution in [3.63, 3.8) is 0 Å². The molecule has 4 heteroatoms. The van der Waals surface area contributed by atoms with E-state index in [4.69, 9.17) is 8.83 Å². The van der Waals surface area contributed by atoms with E-state index in [1.54, 1.807) is 36.6 Å². The monoisotopic (exact) mass is 229 g/mol. The Balaban J connectivity index is 2.04. The Bertz CT molecular complexity index is 628. The van der Waals surface area contributed by atoms with Crippen LogP contribution in [0.5, 0.6) is 0 Å². The molecule has 0 fully saturated rings. The number of benzene rings is 1. The van der Waals surface area contributed by atoms with Gasteiger partial charge in [0.15, 0.2) is 11.5 Å². The van der Waals surface area contributed by atoms with Crippen LogP contribution in [0.3, 0.4) is 0 Å². The molecule has 0 amide bonds. The maximum absolute atomic E-state index is 13.5. The van der Waals surface area contributed by atoms with Gasteiger partial charge in [-0.3, -0.25) is 0 Å². The van der Waals surface area contributed by atoms with Crippen LogP contribution in [0, 0.1) is 5.82 Å². The van der Waals surface area contributed by atoms with Gasteiger partial charge in [-0.05, 0) is 24.3 Å². The average molecular weight is 229 g/mol. The Hall–Kier alpha value is -2.36. The third-order valence-corrected chi connectivity index (χ3v) is 2.37. The van der Waals surface area contributed by atoms with Crippen molar-refractivity contribution in [2.24, 2.45) is 0 Å². The van der Waals surface area contributed by atoms with Gasteiger partial charge in [-0.2, -0.15) is 0 Å². The van der Waals surface area contributed by atoms with Crippen LogP contribution in [0.15, 0.2) is 57.7 Å². The zero-order valence-electron chi connectivity index (χ0n) is 8.76. The van der Waals surface area contributed by atoms with Crippen molar-refractivity contribution in [2.75, 3.05) is 0 Å². The first-order valence-electron chi connectivity index (χ1n) is 5.09. The predicted octanol–water partition coefficient (Wildman–Crippen LogP) is 3.74. The Morgan fingerprint density at radius 3 is 2.65 bits per heavy atom. The quantitative estimate of drug-likeness (QED) is 0.671. The normalized spacial score (nSPS) is 10.6. The summed E-state index contributed by atoms with van der Waals surface area (Å²) in [6, 6.07) is 9.84. The first-order valence-corrected chi connectivity index (χ1v) is 5.09. The molecule has 3 nitrogen and oxygen atoms in total. The van der Waals surface area contributed by atoms with E-state index in [-0.39, 0.29) is 11.7 Å². The second kappa shape index (κ2) is 3.90. The maximum atomic E-state index is 13.5. The van der Waals surface area contributed by atoms with Gasteiger partial charge in [0.2, 0.25) is 5.89 Å². The zero-order valence-corrected chi connectivity index (χ0v) is 8.76. The number of hydrogen-bond donors (Lipinski definition) is 0. The van der Waals surface area contributed by atoms with Gasteiger partial charge >= 0.3 is 0 Å². The van der Waals surface area contributed by atoms with Crippen LogP contribution in [0.1, 0.15) is 0 Å². The van der Waals surface area contributed by atoms with Crippen molar-refractivity contribution < 1.29 is 13.2 Å². The van der Waals surface area contributed by atoms with E-state index in [9.17, 15) is 4.39 Å². The number of nitrogens with zero attached hydrogens (tertiary/aromatic N) is 1. The van der Waals surface area contributed by atoms with E-state index in [1.165, 1.54) is 12.3 Å². The van der Waals surface area contributed by atoms with Crippen molar-refractivity contribution in [2.45, 2.75) is 0 Å². The van der Waals surface area contributed by atoms with Crippen LogP contribution in [0.2, 0.25) is 0 Å². The number of rotatable bonds is 2. The molecule has 17 heavy (non-hydrogen) atoms. The minimum Gasteiger partial charge on any atom is -0.461 e. The first kappa shape index (κ1) is 9.84. The summed E-state index contributed by atoms with van der Waals surface area (Å²) in [5.41, 5.74) is 0.338. The number of furan rings is 1. The van der Waals surface area contributed by atoms with Gasteiger partial charge in [-0.25, -0.2) is 9.37 Å². The fraction of sp³-hybridized carbons (Fsp3) is 0. The summed E-state index contributed by atoms with van der Waals surface area (Å²) in [6.45, 7) is 0. The van der Waals surface area contributed by atoms with Crippen molar-refractivity contribution >= 4 is 0 Å². The minimum absolute atomic E-state index is 0.245. The molecule has 2 heterocycles. The molecule has 2 aromatic heterocycles. The first-order chi connectivity index (χ1) is 8.34. The highest BCUT2D eigenvalue weighted by molar-refractivity contribution is 5.58. The second-order valence-corrected chi connectivity index (χ2v) is 3.49. The molecule has 84 valence electrons. The van der Waals surface area contributed by atoms with Crippen molar-refractivity contribution in [1.29, 1.82) is 0 Å². The molecular formula is C13H8FNO2. The van der Waals surface area contributed by atoms with Crippen LogP contribution in [-0.4, -0.2) is 4.98 Å². The van der Waals surface area contributed by atoms with Gasteiger partial charge in [0.05, 0.1) is 18.0 Å². The largest absolute Gasteiger partial charge is 0.461 e. The summed E-state index contributed by atoms with van der Waals surface area (Å²) in [6.07, 6.45) is 3.06. The van der Waals surface area contributed by atoms with Crippen LogP contribution in [-0.2, 0) is 0 Å². The van der Waals surface area contributed by atoms with Gasteiger partial charge in [0.25, 0.3) is 0 Å². The molecule has 1 aromatic carbocycles. The fourth-order valence-electron chi connectivity index (χ4n) is 1.57. The number of oxazole rings is 1. The Labute approximate surface area is 96.5 Å². The van der Waals surface area contributed by atoms with Gasteiger partial charge in [-0.15, -0.1) is 0 Å². The second-order valence-electron chi connectivity index (χ2n) is 3.49. The molecule has 0 aliphatic heterocycles. The Morgan fingerprint density at radius 1 is 1.00 bits per heavy atom. The van der Waals surface area contributed by atoms with Gasteiger partial charge in [-0.1, -0.05) is 12.1 Å². The van der Waals surface area contributed by atoms with E-state index in [2.05, 4.69) is 4.98 Å². The summed E-state index contributed by atoms with van der Waals surface area (Å²) < 4.78 is 24.1. The van der Waals surface area contributed by atoms with Crippen molar-refractivity contribution in [1.82, 2.24) is 4.98 Å². The number of halogens is 1. The standard InChI is InChI=1S/C13H8FNO2/c14-10-5-2-1-4-9(10)13-15-8-12(17-13)11-6-3-7-16-11/h1-8H. The predicted molar refractivity (Wildman–Crippen MR) is 59.6 cm³/mol. The molecule has 0 N–H and O–H groups in total. The lowest BCUT2D eigenvalue weighted by atomic mass is 10.2. The summed E-state index contributed by atoms with van der Waals surface area (Å²) in [5, 5.41) is 0. The summed E-state index contributed by atoms with van der Waals surface area (Å²) in [7, 11) is 0. The molecule has 0 aliphatic rings. The van der Waals surface area contributed by atoms with Crippen molar-refractivity contribution in [3.05, 3.63) is 54.7 Å². The molecule has 0 saturated carbocycles. The maximum Gasteiger partial charge on any atom is 0.229 e.